The lowest BCUT2D eigenvalue weighted by Gasteiger charge is -2.29. The van der Waals surface area contributed by atoms with Gasteiger partial charge in [-0.15, -0.1) is 0 Å². The molecule has 0 spiro atoms. The lowest BCUT2D eigenvalue weighted by atomic mass is 10.1. The summed E-state index contributed by atoms with van der Waals surface area (Å²) in [5.41, 5.74) is 3.08. The summed E-state index contributed by atoms with van der Waals surface area (Å²) in [4.78, 5) is 27.0. The molecule has 0 saturated heterocycles. The SMILES string of the molecule is Cc1ccc(OCC(=O)N(Cc2ccccc2)[C@@H](C)C(=O)NC(C)C)c(C)c1. The minimum absolute atomic E-state index is 0.00934. The highest BCUT2D eigenvalue weighted by atomic mass is 16.5. The Kier molecular flexibility index (Phi) is 7.61. The van der Waals surface area contributed by atoms with Gasteiger partial charge >= 0.3 is 0 Å². The third-order valence-corrected chi connectivity index (χ3v) is 4.48. The maximum absolute atomic E-state index is 13.0. The molecule has 0 aliphatic rings. The van der Waals surface area contributed by atoms with Crippen molar-refractivity contribution >= 4 is 11.8 Å². The standard InChI is InChI=1S/C23H30N2O3/c1-16(2)24-23(27)19(5)25(14-20-9-7-6-8-10-20)22(26)15-28-21-12-11-17(3)13-18(21)4/h6-13,16,19H,14-15H2,1-5H3,(H,24,27)/t19-/m0/s1. The molecule has 0 heterocycles. The molecular weight excluding hydrogens is 352 g/mol. The number of hydrogen-bond acceptors (Lipinski definition) is 3. The molecule has 1 atom stereocenters. The van der Waals surface area contributed by atoms with E-state index >= 15 is 0 Å². The van der Waals surface area contributed by atoms with Gasteiger partial charge < -0.3 is 15.0 Å². The summed E-state index contributed by atoms with van der Waals surface area (Å²) in [6.07, 6.45) is 0. The first kappa shape index (κ1) is 21.5. The minimum atomic E-state index is -0.599. The lowest BCUT2D eigenvalue weighted by Crippen LogP contribution is -2.50. The second kappa shape index (κ2) is 9.93. The quantitative estimate of drug-likeness (QED) is 0.759. The summed E-state index contributed by atoms with van der Waals surface area (Å²) < 4.78 is 5.76. The number of nitrogens with zero attached hydrogens (tertiary/aromatic N) is 1. The van der Waals surface area contributed by atoms with Crippen LogP contribution in [-0.2, 0) is 16.1 Å². The van der Waals surface area contributed by atoms with Crippen LogP contribution in [0, 0.1) is 13.8 Å². The molecule has 1 N–H and O–H groups in total. The third-order valence-electron chi connectivity index (χ3n) is 4.48. The van der Waals surface area contributed by atoms with Gasteiger partial charge in [-0.05, 0) is 51.8 Å². The van der Waals surface area contributed by atoms with Gasteiger partial charge in [-0.3, -0.25) is 9.59 Å². The number of benzene rings is 2. The second-order valence-corrected chi connectivity index (χ2v) is 7.40. The Balaban J connectivity index is 2.14. The Hall–Kier alpha value is -2.82. The smallest absolute Gasteiger partial charge is 0.261 e. The topological polar surface area (TPSA) is 58.6 Å². The van der Waals surface area contributed by atoms with Crippen molar-refractivity contribution in [1.82, 2.24) is 10.2 Å². The minimum Gasteiger partial charge on any atom is -0.483 e. The van der Waals surface area contributed by atoms with Crippen LogP contribution in [0.3, 0.4) is 0 Å². The molecule has 2 aromatic carbocycles. The normalized spacial score (nSPS) is 11.8. The number of ether oxygens (including phenoxy) is 1. The lowest BCUT2D eigenvalue weighted by molar-refractivity contribution is -0.142. The molecule has 0 aliphatic heterocycles. The highest BCUT2D eigenvalue weighted by Crippen LogP contribution is 2.19. The average molecular weight is 383 g/mol. The van der Waals surface area contributed by atoms with Gasteiger partial charge in [0.25, 0.3) is 5.91 Å². The zero-order valence-corrected chi connectivity index (χ0v) is 17.4. The number of aryl methyl sites for hydroxylation is 2. The van der Waals surface area contributed by atoms with Crippen LogP contribution in [-0.4, -0.2) is 35.4 Å². The van der Waals surface area contributed by atoms with Crippen molar-refractivity contribution in [1.29, 1.82) is 0 Å². The van der Waals surface area contributed by atoms with Gasteiger partial charge in [0.15, 0.2) is 6.61 Å². The molecule has 0 aromatic heterocycles. The van der Waals surface area contributed by atoms with Crippen molar-refractivity contribution in [3.8, 4) is 5.75 Å². The van der Waals surface area contributed by atoms with E-state index < -0.39 is 6.04 Å². The average Bonchev–Trinajstić information content (AvgIpc) is 2.65. The van der Waals surface area contributed by atoms with Gasteiger partial charge in [-0.2, -0.15) is 0 Å². The van der Waals surface area contributed by atoms with E-state index in [4.69, 9.17) is 4.74 Å². The highest BCUT2D eigenvalue weighted by molar-refractivity contribution is 5.88. The molecule has 5 heteroatoms. The van der Waals surface area contributed by atoms with Gasteiger partial charge in [-0.25, -0.2) is 0 Å². The van der Waals surface area contributed by atoms with E-state index in [0.29, 0.717) is 12.3 Å². The Bertz CT molecular complexity index is 803. The molecular formula is C23H30N2O3. The largest absolute Gasteiger partial charge is 0.483 e. The fourth-order valence-electron chi connectivity index (χ4n) is 2.95. The van der Waals surface area contributed by atoms with E-state index in [0.717, 1.165) is 16.7 Å². The van der Waals surface area contributed by atoms with Gasteiger partial charge in [-0.1, -0.05) is 48.0 Å². The first-order valence-corrected chi connectivity index (χ1v) is 9.61. The predicted octanol–water partition coefficient (Wildman–Crippen LogP) is 3.62. The first-order chi connectivity index (χ1) is 13.3. The fourth-order valence-corrected chi connectivity index (χ4v) is 2.95. The summed E-state index contributed by atoms with van der Waals surface area (Å²) in [5, 5.41) is 2.88. The van der Waals surface area contributed by atoms with Crippen LogP contribution in [0.25, 0.3) is 0 Å². The summed E-state index contributed by atoms with van der Waals surface area (Å²) >= 11 is 0. The number of carbonyl (C=O) groups excluding carboxylic acids is 2. The molecule has 0 fully saturated rings. The molecule has 0 aliphatic carbocycles. The van der Waals surface area contributed by atoms with Crippen LogP contribution in [0.4, 0.5) is 0 Å². The molecule has 0 radical (unpaired) electrons. The summed E-state index contributed by atoms with van der Waals surface area (Å²) in [7, 11) is 0. The Morgan fingerprint density at radius 2 is 1.71 bits per heavy atom. The Labute approximate surface area is 167 Å². The van der Waals surface area contributed by atoms with Crippen LogP contribution in [0.2, 0.25) is 0 Å². The maximum atomic E-state index is 13.0. The van der Waals surface area contributed by atoms with E-state index in [1.165, 1.54) is 0 Å². The predicted molar refractivity (Wildman–Crippen MR) is 111 cm³/mol. The number of nitrogens with one attached hydrogen (secondary N) is 1. The fraction of sp³-hybridized carbons (Fsp3) is 0.391. The van der Waals surface area contributed by atoms with Crippen molar-refractivity contribution in [2.75, 3.05) is 6.61 Å². The van der Waals surface area contributed by atoms with Crippen LogP contribution in [0.15, 0.2) is 48.5 Å². The van der Waals surface area contributed by atoms with E-state index in [1.54, 1.807) is 11.8 Å². The third kappa shape index (κ3) is 6.12. The van der Waals surface area contributed by atoms with E-state index in [1.807, 2.05) is 76.2 Å². The summed E-state index contributed by atoms with van der Waals surface area (Å²) in [6, 6.07) is 14.9. The molecule has 0 unspecified atom stereocenters. The molecule has 0 bridgehead atoms. The second-order valence-electron chi connectivity index (χ2n) is 7.40. The molecule has 150 valence electrons. The van der Waals surface area contributed by atoms with E-state index in [-0.39, 0.29) is 24.5 Å². The van der Waals surface area contributed by atoms with Crippen LogP contribution < -0.4 is 10.1 Å². The monoisotopic (exact) mass is 382 g/mol. The van der Waals surface area contributed by atoms with Gasteiger partial charge in [0.05, 0.1) is 0 Å². The number of hydrogen-bond donors (Lipinski definition) is 1. The number of rotatable bonds is 8. The van der Waals surface area contributed by atoms with Gasteiger partial charge in [0.2, 0.25) is 5.91 Å². The van der Waals surface area contributed by atoms with Gasteiger partial charge in [0, 0.05) is 12.6 Å². The van der Waals surface area contributed by atoms with Gasteiger partial charge in [0.1, 0.15) is 11.8 Å². The van der Waals surface area contributed by atoms with Crippen molar-refractivity contribution in [2.45, 2.75) is 53.2 Å². The Morgan fingerprint density at radius 3 is 2.32 bits per heavy atom. The molecule has 28 heavy (non-hydrogen) atoms. The Morgan fingerprint density at radius 1 is 1.04 bits per heavy atom. The molecule has 2 amide bonds. The van der Waals surface area contributed by atoms with E-state index in [9.17, 15) is 9.59 Å². The molecule has 5 nitrogen and oxygen atoms in total. The molecule has 0 saturated carbocycles. The zero-order chi connectivity index (χ0) is 20.7. The zero-order valence-electron chi connectivity index (χ0n) is 17.4. The van der Waals surface area contributed by atoms with Crippen molar-refractivity contribution < 1.29 is 14.3 Å². The number of carbonyl (C=O) groups is 2. The summed E-state index contributed by atoms with van der Waals surface area (Å²) in [6.45, 7) is 9.74. The highest BCUT2D eigenvalue weighted by Gasteiger charge is 2.26. The van der Waals surface area contributed by atoms with E-state index in [2.05, 4.69) is 5.32 Å². The van der Waals surface area contributed by atoms with Crippen molar-refractivity contribution in [2.24, 2.45) is 0 Å². The van der Waals surface area contributed by atoms with Crippen molar-refractivity contribution in [3.63, 3.8) is 0 Å². The molecule has 2 aromatic rings. The number of amides is 2. The summed E-state index contributed by atoms with van der Waals surface area (Å²) in [5.74, 6) is 0.277. The van der Waals surface area contributed by atoms with Crippen LogP contribution in [0.5, 0.6) is 5.75 Å². The first-order valence-electron chi connectivity index (χ1n) is 9.61. The van der Waals surface area contributed by atoms with Crippen molar-refractivity contribution in [3.05, 3.63) is 65.2 Å². The molecule has 2 rings (SSSR count). The maximum Gasteiger partial charge on any atom is 0.261 e. The van der Waals surface area contributed by atoms with Crippen LogP contribution >= 0.6 is 0 Å². The van der Waals surface area contributed by atoms with Crippen LogP contribution in [0.1, 0.15) is 37.5 Å².